The molecule has 3 heterocycles. The van der Waals surface area contributed by atoms with Crippen molar-refractivity contribution < 1.29 is 28.2 Å². The van der Waals surface area contributed by atoms with Crippen molar-refractivity contribution in [3.63, 3.8) is 0 Å². The molecule has 0 aliphatic heterocycles. The number of unbranched alkanes of at least 4 members (excludes halogenated alkanes) is 1. The molecular weight excluding hydrogens is 546 g/mol. The van der Waals surface area contributed by atoms with Gasteiger partial charge in [-0.15, -0.1) is 0 Å². The van der Waals surface area contributed by atoms with Crippen LogP contribution in [0.15, 0.2) is 28.9 Å². The number of rotatable bonds is 20. The van der Waals surface area contributed by atoms with E-state index in [4.69, 9.17) is 45.7 Å². The summed E-state index contributed by atoms with van der Waals surface area (Å²) in [5.41, 5.74) is 20.5. The molecule has 42 heavy (non-hydrogen) atoms. The van der Waals surface area contributed by atoms with Gasteiger partial charge < -0.3 is 45.9 Å². The molecule has 0 atom stereocenters. The maximum Gasteiger partial charge on any atom is 0.292 e. The number of amides is 1. The second-order valence-electron chi connectivity index (χ2n) is 9.31. The zero-order chi connectivity index (χ0) is 29.6. The molecule has 0 bridgehead atoms. The second-order valence-corrected chi connectivity index (χ2v) is 9.31. The Bertz CT molecular complexity index is 1410. The van der Waals surface area contributed by atoms with Crippen LogP contribution in [0.25, 0.3) is 33.4 Å². The van der Waals surface area contributed by atoms with Crippen molar-refractivity contribution in [3.05, 3.63) is 24.5 Å². The first-order valence-corrected chi connectivity index (χ1v) is 14.0. The van der Waals surface area contributed by atoms with E-state index in [0.29, 0.717) is 106 Å². The number of aromatic nitrogens is 5. The summed E-state index contributed by atoms with van der Waals surface area (Å²) in [6, 6.07) is 5.61. The van der Waals surface area contributed by atoms with Gasteiger partial charge in [0.1, 0.15) is 23.4 Å². The van der Waals surface area contributed by atoms with Crippen LogP contribution in [-0.4, -0.2) is 96.6 Å². The fourth-order valence-electron chi connectivity index (χ4n) is 4.19. The number of carbonyl (C=O) groups is 1. The Morgan fingerprint density at radius 2 is 1.64 bits per heavy atom. The van der Waals surface area contributed by atoms with Crippen molar-refractivity contribution >= 4 is 39.9 Å². The highest BCUT2D eigenvalue weighted by Crippen LogP contribution is 2.32. The van der Waals surface area contributed by atoms with Crippen molar-refractivity contribution in [1.29, 1.82) is 0 Å². The molecule has 1 aromatic carbocycles. The first-order valence-electron chi connectivity index (χ1n) is 14.0. The van der Waals surface area contributed by atoms with E-state index in [0.717, 1.165) is 18.4 Å². The molecule has 0 unspecified atom stereocenters. The first-order chi connectivity index (χ1) is 20.6. The molecule has 0 spiro atoms. The van der Waals surface area contributed by atoms with E-state index in [1.54, 1.807) is 6.07 Å². The number of benzene rings is 1. The Kier molecular flexibility index (Phi) is 12.2. The van der Waals surface area contributed by atoms with Crippen LogP contribution in [0.4, 0.5) is 11.8 Å². The predicted octanol–water partition coefficient (Wildman–Crippen LogP) is 1.11. The number of carbonyl (C=O) groups excluding carboxylic acids is 1. The smallest absolute Gasteiger partial charge is 0.292 e. The van der Waals surface area contributed by atoms with Gasteiger partial charge in [0.2, 0.25) is 5.91 Å². The van der Waals surface area contributed by atoms with E-state index in [1.807, 2.05) is 16.8 Å². The standard InChI is InChI=1S/C27H39N9O6/c28-6-10-39-12-14-41-16-15-40-13-11-38-9-5-22(37)31-7-1-2-8-36-26-23(25(29)32-18-33-26)24(35-36)19-3-4-21-20(17-19)34-27(30)42-21/h3-4,17-18H,1-2,5-16,28H2,(H2,30,34)(H,31,37)(H2,29,32,33). The lowest BCUT2D eigenvalue weighted by atomic mass is 10.1. The van der Waals surface area contributed by atoms with Crippen molar-refractivity contribution in [3.8, 4) is 11.3 Å². The largest absolute Gasteiger partial charge is 0.424 e. The molecule has 15 nitrogen and oxygen atoms in total. The van der Waals surface area contributed by atoms with Gasteiger partial charge in [-0.1, -0.05) is 0 Å². The lowest BCUT2D eigenvalue weighted by molar-refractivity contribution is -0.122. The van der Waals surface area contributed by atoms with Crippen LogP contribution in [0.3, 0.4) is 0 Å². The highest BCUT2D eigenvalue weighted by atomic mass is 16.6. The van der Waals surface area contributed by atoms with Gasteiger partial charge in [-0.25, -0.2) is 14.6 Å². The number of nitrogen functional groups attached to an aromatic ring is 2. The average Bonchev–Trinajstić information content (AvgIpc) is 3.55. The van der Waals surface area contributed by atoms with Gasteiger partial charge in [0, 0.05) is 31.6 Å². The summed E-state index contributed by atoms with van der Waals surface area (Å²) in [5.74, 6) is 0.286. The van der Waals surface area contributed by atoms with E-state index in [9.17, 15) is 4.79 Å². The number of oxazole rings is 1. The summed E-state index contributed by atoms with van der Waals surface area (Å²) in [7, 11) is 0. The number of hydrogen-bond acceptors (Lipinski definition) is 13. The zero-order valence-electron chi connectivity index (χ0n) is 23.6. The summed E-state index contributed by atoms with van der Waals surface area (Å²) in [6.07, 6.45) is 3.25. The summed E-state index contributed by atoms with van der Waals surface area (Å²) in [4.78, 5) is 24.9. The summed E-state index contributed by atoms with van der Waals surface area (Å²) < 4.78 is 28.7. The Balaban J connectivity index is 1.11. The highest BCUT2D eigenvalue weighted by Gasteiger charge is 2.18. The molecule has 0 saturated carbocycles. The fourth-order valence-corrected chi connectivity index (χ4v) is 4.19. The van der Waals surface area contributed by atoms with Crippen LogP contribution in [0.1, 0.15) is 19.3 Å². The molecule has 0 radical (unpaired) electrons. The van der Waals surface area contributed by atoms with E-state index in [2.05, 4.69) is 20.3 Å². The van der Waals surface area contributed by atoms with E-state index in [1.165, 1.54) is 6.33 Å². The van der Waals surface area contributed by atoms with E-state index >= 15 is 0 Å². The number of nitrogens with one attached hydrogen (secondary N) is 1. The monoisotopic (exact) mass is 585 g/mol. The Labute approximate surface area is 243 Å². The third-order valence-corrected chi connectivity index (χ3v) is 6.21. The van der Waals surface area contributed by atoms with Crippen LogP contribution in [0.2, 0.25) is 0 Å². The number of anilines is 2. The minimum absolute atomic E-state index is 0.0580. The molecule has 3 aromatic heterocycles. The number of aryl methyl sites for hydroxylation is 1. The molecule has 0 aliphatic carbocycles. The van der Waals surface area contributed by atoms with Crippen LogP contribution in [0.5, 0.6) is 0 Å². The minimum atomic E-state index is -0.0580. The third-order valence-electron chi connectivity index (χ3n) is 6.21. The topological polar surface area (TPSA) is 214 Å². The quantitative estimate of drug-likeness (QED) is 0.107. The van der Waals surface area contributed by atoms with Crippen molar-refractivity contribution in [2.24, 2.45) is 5.73 Å². The second kappa shape index (κ2) is 16.5. The fraction of sp³-hybridized carbons (Fsp3) is 0.519. The molecule has 0 saturated heterocycles. The van der Waals surface area contributed by atoms with Gasteiger partial charge in [0.05, 0.1) is 58.2 Å². The molecule has 228 valence electrons. The SMILES string of the molecule is NCCOCCOCCOCCOCCC(=O)NCCCCn1nc(-c2ccc3oc(N)nc3c2)c2c(N)ncnc21. The number of fused-ring (bicyclic) bond motifs is 2. The number of hydrogen-bond donors (Lipinski definition) is 4. The van der Waals surface area contributed by atoms with Crippen LogP contribution in [-0.2, 0) is 30.3 Å². The van der Waals surface area contributed by atoms with Gasteiger partial charge in [-0.05, 0) is 31.0 Å². The number of ether oxygens (including phenoxy) is 4. The molecule has 7 N–H and O–H groups in total. The highest BCUT2D eigenvalue weighted by molar-refractivity contribution is 5.99. The molecule has 4 rings (SSSR count). The summed E-state index contributed by atoms with van der Waals surface area (Å²) >= 11 is 0. The van der Waals surface area contributed by atoms with Gasteiger partial charge in [-0.3, -0.25) is 4.79 Å². The average molecular weight is 586 g/mol. The summed E-state index contributed by atoms with van der Waals surface area (Å²) in [6.45, 7) is 5.38. The number of nitrogens with two attached hydrogens (primary N) is 3. The molecular formula is C27H39N9O6. The Hall–Kier alpha value is -3.89. The van der Waals surface area contributed by atoms with Crippen molar-refractivity contribution in [1.82, 2.24) is 30.0 Å². The maximum atomic E-state index is 12.1. The van der Waals surface area contributed by atoms with Crippen LogP contribution >= 0.6 is 0 Å². The molecule has 0 fully saturated rings. The molecule has 1 amide bonds. The van der Waals surface area contributed by atoms with Crippen LogP contribution < -0.4 is 22.5 Å². The normalized spacial score (nSPS) is 11.5. The Morgan fingerprint density at radius 3 is 2.38 bits per heavy atom. The third kappa shape index (κ3) is 9.06. The zero-order valence-corrected chi connectivity index (χ0v) is 23.6. The van der Waals surface area contributed by atoms with Gasteiger partial charge in [0.15, 0.2) is 11.2 Å². The van der Waals surface area contributed by atoms with Gasteiger partial charge >= 0.3 is 0 Å². The van der Waals surface area contributed by atoms with Gasteiger partial charge in [0.25, 0.3) is 6.01 Å². The first kappa shape index (κ1) is 31.1. The van der Waals surface area contributed by atoms with E-state index in [-0.39, 0.29) is 18.3 Å². The Morgan fingerprint density at radius 1 is 0.929 bits per heavy atom. The van der Waals surface area contributed by atoms with Gasteiger partial charge in [-0.2, -0.15) is 10.1 Å². The lowest BCUT2D eigenvalue weighted by Gasteiger charge is -2.08. The van der Waals surface area contributed by atoms with Crippen molar-refractivity contribution in [2.75, 3.05) is 77.4 Å². The predicted molar refractivity (Wildman–Crippen MR) is 156 cm³/mol. The minimum Gasteiger partial charge on any atom is -0.424 e. The maximum absolute atomic E-state index is 12.1. The molecule has 4 aromatic rings. The van der Waals surface area contributed by atoms with Crippen LogP contribution in [0, 0.1) is 0 Å². The lowest BCUT2D eigenvalue weighted by Crippen LogP contribution is -2.26. The number of nitrogens with zero attached hydrogens (tertiary/aromatic N) is 5. The summed E-state index contributed by atoms with van der Waals surface area (Å²) in [5, 5.41) is 8.37. The molecule has 0 aliphatic rings. The van der Waals surface area contributed by atoms with E-state index < -0.39 is 0 Å². The molecule has 15 heteroatoms. The van der Waals surface area contributed by atoms with Crippen molar-refractivity contribution in [2.45, 2.75) is 25.8 Å².